The Bertz CT molecular complexity index is 7.61. The van der Waals surface area contributed by atoms with E-state index in [4.69, 9.17) is 0 Å². The van der Waals surface area contributed by atoms with E-state index in [-0.39, 0.29) is 59.2 Å². The van der Waals surface area contributed by atoms with Crippen LogP contribution >= 0.6 is 0 Å². The average molecular weight is 320 g/mol. The summed E-state index contributed by atoms with van der Waals surface area (Å²) < 4.78 is 0. The van der Waals surface area contributed by atoms with Gasteiger partial charge in [-0.25, -0.2) is 0 Å². The minimum atomic E-state index is 0. The molecule has 0 unspecified atom stereocenters. The molecule has 5 heteroatoms. The third-order valence-electron chi connectivity index (χ3n) is 0. The Morgan fingerprint density at radius 2 is 0.800 bits per heavy atom. The van der Waals surface area contributed by atoms with E-state index in [2.05, 4.69) is 23.3 Å². The van der Waals surface area contributed by atoms with Crippen molar-refractivity contribution in [1.29, 1.82) is 0 Å². The van der Waals surface area contributed by atoms with Gasteiger partial charge in [0.15, 0.2) is 0 Å². The van der Waals surface area contributed by atoms with E-state index in [0.29, 0.717) is 0 Å². The maximum Gasteiger partial charge on any atom is 0 e. The molecule has 0 aliphatic rings. The van der Waals surface area contributed by atoms with Gasteiger partial charge in [0.25, 0.3) is 0 Å². The SMILES string of the molecule is [Cu].[Mo].[Mo].[S-][S-]. The molecule has 0 atom stereocenters. The first-order chi connectivity index (χ1) is 1.00. The normalized spacial score (nSPS) is 1.20. The minimum Gasteiger partial charge on any atom is -1.00 e. The quantitative estimate of drug-likeness (QED) is 0.350. The second kappa shape index (κ2) is 30.6. The molecule has 0 fully saturated rings. The molecule has 0 aromatic carbocycles. The molecule has 0 bridgehead atoms. The molecule has 5 heavy (non-hydrogen) atoms. The molecule has 0 rings (SSSR count). The van der Waals surface area contributed by atoms with Gasteiger partial charge in [-0.3, -0.25) is 0 Å². The van der Waals surface area contributed by atoms with Crippen LogP contribution in [0.15, 0.2) is 0 Å². The summed E-state index contributed by atoms with van der Waals surface area (Å²) in [6, 6.07) is 0. The Morgan fingerprint density at radius 1 is 0.800 bits per heavy atom. The van der Waals surface area contributed by atoms with Crippen molar-refractivity contribution in [2.24, 2.45) is 0 Å². The van der Waals surface area contributed by atoms with Crippen molar-refractivity contribution in [1.82, 2.24) is 0 Å². The molecule has 0 spiro atoms. The second-order valence-corrected chi connectivity index (χ2v) is 0. The predicted molar refractivity (Wildman–Crippen MR) is 14.7 cm³/mol. The van der Waals surface area contributed by atoms with Crippen LogP contribution in [0.4, 0.5) is 0 Å². The van der Waals surface area contributed by atoms with Crippen molar-refractivity contribution >= 4 is 23.3 Å². The first kappa shape index (κ1) is 25.6. The van der Waals surface area contributed by atoms with Crippen LogP contribution in [0, 0.1) is 0 Å². The molecule has 0 aromatic rings. The predicted octanol–water partition coefficient (Wildman–Crippen LogP) is -0.0123. The molecule has 0 heterocycles. The van der Waals surface area contributed by atoms with E-state index in [9.17, 15) is 0 Å². The summed E-state index contributed by atoms with van der Waals surface area (Å²) in [5, 5.41) is 0. The van der Waals surface area contributed by atoms with Crippen LogP contribution in [0.5, 0.6) is 0 Å². The Labute approximate surface area is 81.5 Å². The monoisotopic (exact) mass is 323 g/mol. The minimum absolute atomic E-state index is 0. The Balaban J connectivity index is -0.00000000167. The fourth-order valence-corrected chi connectivity index (χ4v) is 0. The van der Waals surface area contributed by atoms with E-state index in [1.165, 1.54) is 0 Å². The number of hydrogen-bond donors (Lipinski definition) is 0. The largest absolute Gasteiger partial charge is 1.00 e. The Hall–Kier alpha value is 2.60. The maximum absolute atomic E-state index is 3.67. The van der Waals surface area contributed by atoms with Crippen LogP contribution in [0.2, 0.25) is 0 Å². The first-order valence-corrected chi connectivity index (χ1v) is 1.50. The molecule has 0 N–H and O–H groups in total. The molecule has 0 aromatic heterocycles. The fraction of sp³-hybridized carbons (Fsp3) is 0. The molecule has 37 valence electrons. The van der Waals surface area contributed by atoms with Crippen LogP contribution in [0.1, 0.15) is 0 Å². The van der Waals surface area contributed by atoms with E-state index < -0.39 is 0 Å². The summed E-state index contributed by atoms with van der Waals surface area (Å²) >= 11 is 7.33. The number of rotatable bonds is 0. The summed E-state index contributed by atoms with van der Waals surface area (Å²) in [6.45, 7) is 0. The van der Waals surface area contributed by atoms with E-state index in [1.807, 2.05) is 0 Å². The van der Waals surface area contributed by atoms with Crippen molar-refractivity contribution in [3.8, 4) is 0 Å². The van der Waals surface area contributed by atoms with Gasteiger partial charge in [-0.15, -0.1) is 0 Å². The molecule has 0 amide bonds. The Kier molecular flexibility index (Phi) is 157. The smallest absolute Gasteiger partial charge is 0 e. The summed E-state index contributed by atoms with van der Waals surface area (Å²) in [6.07, 6.45) is 0. The first-order valence-electron chi connectivity index (χ1n) is 0.167. The average Bonchev–Trinajstić information content (AvgIpc) is 1.00. The molecule has 0 aliphatic carbocycles. The number of hydrogen-bond acceptors (Lipinski definition) is 2. The zero-order valence-electron chi connectivity index (χ0n) is 1.93. The summed E-state index contributed by atoms with van der Waals surface area (Å²) in [5.74, 6) is 0. The van der Waals surface area contributed by atoms with Gasteiger partial charge in [0.05, 0.1) is 0 Å². The van der Waals surface area contributed by atoms with E-state index >= 15 is 0 Å². The van der Waals surface area contributed by atoms with Gasteiger partial charge in [0, 0.05) is 59.2 Å². The second-order valence-electron chi connectivity index (χ2n) is 0. The van der Waals surface area contributed by atoms with Crippen LogP contribution in [-0.4, -0.2) is 0 Å². The molecule has 0 saturated heterocycles. The zero-order valence-corrected chi connectivity index (χ0v) is 8.52. The molecular weight excluding hydrogens is 320 g/mol. The third-order valence-corrected chi connectivity index (χ3v) is 0. The summed E-state index contributed by atoms with van der Waals surface area (Å²) in [4.78, 5) is 0. The van der Waals surface area contributed by atoms with Crippen molar-refractivity contribution in [2.45, 2.75) is 0 Å². The van der Waals surface area contributed by atoms with Crippen LogP contribution in [0.3, 0.4) is 0 Å². The van der Waals surface area contributed by atoms with Gasteiger partial charge < -0.3 is 23.3 Å². The van der Waals surface area contributed by atoms with Gasteiger partial charge in [-0.2, -0.15) is 0 Å². The van der Waals surface area contributed by atoms with Crippen molar-refractivity contribution in [3.63, 3.8) is 0 Å². The van der Waals surface area contributed by atoms with E-state index in [1.54, 1.807) is 0 Å². The zero-order chi connectivity index (χ0) is 2.00. The van der Waals surface area contributed by atoms with Gasteiger partial charge in [-0.05, 0) is 0 Å². The Morgan fingerprint density at radius 3 is 0.800 bits per heavy atom. The van der Waals surface area contributed by atoms with E-state index in [0.717, 1.165) is 0 Å². The topological polar surface area (TPSA) is 0 Å². The molecular formula is CuMo2S2-2. The van der Waals surface area contributed by atoms with Crippen LogP contribution in [0.25, 0.3) is 0 Å². The van der Waals surface area contributed by atoms with Crippen LogP contribution < -0.4 is 0 Å². The fourth-order valence-electron chi connectivity index (χ4n) is 0. The molecule has 0 nitrogen and oxygen atoms in total. The maximum atomic E-state index is 3.67. The van der Waals surface area contributed by atoms with Gasteiger partial charge >= 0.3 is 0 Å². The molecule has 1 radical (unpaired) electrons. The van der Waals surface area contributed by atoms with Crippen molar-refractivity contribution in [3.05, 3.63) is 0 Å². The van der Waals surface area contributed by atoms with Gasteiger partial charge in [-0.1, -0.05) is 0 Å². The summed E-state index contributed by atoms with van der Waals surface area (Å²) in [7, 11) is 0. The third kappa shape index (κ3) is 20.7. The van der Waals surface area contributed by atoms with Crippen molar-refractivity contribution < 1.29 is 59.2 Å². The molecule has 0 saturated carbocycles. The van der Waals surface area contributed by atoms with Crippen LogP contribution in [-0.2, 0) is 82.5 Å². The summed E-state index contributed by atoms with van der Waals surface area (Å²) in [5.41, 5.74) is 0. The standard InChI is InChI=1S/Cu.2Mo.S2/c;;;1-2/q;;;-2. The molecule has 0 aliphatic heterocycles. The van der Waals surface area contributed by atoms with Crippen molar-refractivity contribution in [2.75, 3.05) is 0 Å². The van der Waals surface area contributed by atoms with Gasteiger partial charge in [0.1, 0.15) is 0 Å². The van der Waals surface area contributed by atoms with Gasteiger partial charge in [0.2, 0.25) is 0 Å².